The number of nitrogens with zero attached hydrogens (tertiary/aromatic N) is 2. The third-order valence-electron chi connectivity index (χ3n) is 2.47. The summed E-state index contributed by atoms with van der Waals surface area (Å²) in [5.41, 5.74) is 0. The smallest absolute Gasteiger partial charge is 0.235 e. The fourth-order valence-corrected chi connectivity index (χ4v) is 1.81. The molecule has 5 heteroatoms. The Morgan fingerprint density at radius 1 is 1.53 bits per heavy atom. The third-order valence-corrected chi connectivity index (χ3v) is 2.73. The first kappa shape index (κ1) is 10.6. The zero-order valence-electron chi connectivity index (χ0n) is 8.45. The van der Waals surface area contributed by atoms with Gasteiger partial charge in [0.25, 0.3) is 0 Å². The highest BCUT2D eigenvalue weighted by Crippen LogP contribution is 2.19. The van der Waals surface area contributed by atoms with Crippen LogP contribution >= 0.6 is 11.6 Å². The van der Waals surface area contributed by atoms with Crippen molar-refractivity contribution in [1.29, 1.82) is 0 Å². The number of aromatic nitrogens is 2. The van der Waals surface area contributed by atoms with Crippen molar-refractivity contribution in [2.75, 3.05) is 13.2 Å². The van der Waals surface area contributed by atoms with E-state index in [-0.39, 0.29) is 0 Å². The van der Waals surface area contributed by atoms with Gasteiger partial charge in [-0.05, 0) is 19.4 Å². The van der Waals surface area contributed by atoms with Gasteiger partial charge in [0.15, 0.2) is 0 Å². The van der Waals surface area contributed by atoms with E-state index in [1.165, 1.54) is 25.4 Å². The normalized spacial score (nSPS) is 21.3. The lowest BCUT2D eigenvalue weighted by atomic mass is 10.1. The Morgan fingerprint density at radius 2 is 2.47 bits per heavy atom. The number of hydrogen-bond acceptors (Lipinski definition) is 4. The lowest BCUT2D eigenvalue weighted by molar-refractivity contribution is 0.232. The van der Waals surface area contributed by atoms with Gasteiger partial charge in [0.1, 0.15) is 18.0 Å². The van der Waals surface area contributed by atoms with Gasteiger partial charge < -0.3 is 10.1 Å². The van der Waals surface area contributed by atoms with E-state index in [0.29, 0.717) is 23.6 Å². The molecule has 1 aliphatic rings. The highest BCUT2D eigenvalue weighted by Gasteiger charge is 2.13. The number of rotatable bonds is 3. The van der Waals surface area contributed by atoms with Crippen LogP contribution in [-0.4, -0.2) is 29.2 Å². The van der Waals surface area contributed by atoms with Gasteiger partial charge in [-0.1, -0.05) is 18.0 Å². The van der Waals surface area contributed by atoms with Crippen molar-refractivity contribution in [3.05, 3.63) is 17.5 Å². The number of ether oxygens (including phenoxy) is 1. The molecule has 0 spiro atoms. The molecule has 4 nitrogen and oxygen atoms in total. The summed E-state index contributed by atoms with van der Waals surface area (Å²) in [6.45, 7) is 1.70. The second kappa shape index (κ2) is 5.28. The summed E-state index contributed by atoms with van der Waals surface area (Å²) < 4.78 is 5.53. The molecule has 1 N–H and O–H groups in total. The predicted molar refractivity (Wildman–Crippen MR) is 58.2 cm³/mol. The van der Waals surface area contributed by atoms with Crippen molar-refractivity contribution < 1.29 is 4.74 Å². The summed E-state index contributed by atoms with van der Waals surface area (Å²) in [5.74, 6) is 0.471. The molecule has 0 bridgehead atoms. The topological polar surface area (TPSA) is 47.0 Å². The van der Waals surface area contributed by atoms with E-state index in [9.17, 15) is 0 Å². The Bertz CT molecular complexity index is 315. The maximum Gasteiger partial charge on any atom is 0.235 e. The van der Waals surface area contributed by atoms with Crippen molar-refractivity contribution in [3.8, 4) is 5.88 Å². The average molecular weight is 228 g/mol. The summed E-state index contributed by atoms with van der Waals surface area (Å²) in [6, 6.07) is 0.421. The van der Waals surface area contributed by atoms with Crippen LogP contribution in [0.2, 0.25) is 5.02 Å². The van der Waals surface area contributed by atoms with Crippen LogP contribution in [0.25, 0.3) is 0 Å². The Labute approximate surface area is 94.0 Å². The van der Waals surface area contributed by atoms with Crippen LogP contribution in [0.15, 0.2) is 12.5 Å². The molecule has 1 unspecified atom stereocenters. The molecular weight excluding hydrogens is 214 g/mol. The zero-order valence-corrected chi connectivity index (χ0v) is 9.20. The molecule has 0 aromatic carbocycles. The Morgan fingerprint density at radius 3 is 3.20 bits per heavy atom. The second-order valence-corrected chi connectivity index (χ2v) is 4.04. The molecular formula is C10H14ClN3O. The van der Waals surface area contributed by atoms with Gasteiger partial charge in [-0.15, -0.1) is 0 Å². The van der Waals surface area contributed by atoms with Crippen molar-refractivity contribution in [2.45, 2.75) is 25.3 Å². The van der Waals surface area contributed by atoms with Crippen LogP contribution < -0.4 is 10.1 Å². The maximum atomic E-state index is 5.87. The first-order valence-corrected chi connectivity index (χ1v) is 5.56. The average Bonchev–Trinajstić information content (AvgIpc) is 2.29. The summed E-state index contributed by atoms with van der Waals surface area (Å²) >= 11 is 5.87. The van der Waals surface area contributed by atoms with E-state index in [1.54, 1.807) is 0 Å². The van der Waals surface area contributed by atoms with Gasteiger partial charge in [-0.2, -0.15) is 0 Å². The molecule has 1 aliphatic heterocycles. The largest absolute Gasteiger partial charge is 0.475 e. The van der Waals surface area contributed by atoms with Crippen molar-refractivity contribution in [1.82, 2.24) is 15.3 Å². The molecule has 0 aliphatic carbocycles. The predicted octanol–water partition coefficient (Wildman–Crippen LogP) is 1.65. The monoisotopic (exact) mass is 227 g/mol. The van der Waals surface area contributed by atoms with Crippen LogP contribution in [0.3, 0.4) is 0 Å². The molecule has 1 aromatic heterocycles. The summed E-state index contributed by atoms with van der Waals surface area (Å²) in [7, 11) is 0. The minimum atomic E-state index is 0.421. The second-order valence-electron chi connectivity index (χ2n) is 3.63. The number of halogens is 1. The highest BCUT2D eigenvalue weighted by atomic mass is 35.5. The van der Waals surface area contributed by atoms with Gasteiger partial charge in [0.2, 0.25) is 5.88 Å². The number of piperidine rings is 1. The molecule has 0 saturated carbocycles. The fourth-order valence-electron chi connectivity index (χ4n) is 1.65. The molecule has 0 amide bonds. The van der Waals surface area contributed by atoms with E-state index < -0.39 is 0 Å². The molecule has 1 atom stereocenters. The fraction of sp³-hybridized carbons (Fsp3) is 0.600. The lowest BCUT2D eigenvalue weighted by Gasteiger charge is -2.23. The Kier molecular flexibility index (Phi) is 3.75. The minimum absolute atomic E-state index is 0.421. The molecule has 15 heavy (non-hydrogen) atoms. The molecule has 1 fully saturated rings. The van der Waals surface area contributed by atoms with E-state index in [2.05, 4.69) is 15.3 Å². The SMILES string of the molecule is Clc1cncnc1OCC1CCCCN1. The Hall–Kier alpha value is -0.870. The first-order chi connectivity index (χ1) is 7.36. The van der Waals surface area contributed by atoms with Gasteiger partial charge in [-0.25, -0.2) is 9.97 Å². The van der Waals surface area contributed by atoms with Crippen molar-refractivity contribution in [3.63, 3.8) is 0 Å². The maximum absolute atomic E-state index is 5.87. The van der Waals surface area contributed by atoms with E-state index in [4.69, 9.17) is 16.3 Å². The summed E-state index contributed by atoms with van der Waals surface area (Å²) in [4.78, 5) is 7.77. The molecule has 2 heterocycles. The summed E-state index contributed by atoms with van der Waals surface area (Å²) in [6.07, 6.45) is 6.65. The van der Waals surface area contributed by atoms with Crippen LogP contribution in [0.1, 0.15) is 19.3 Å². The van der Waals surface area contributed by atoms with Crippen molar-refractivity contribution >= 4 is 11.6 Å². The van der Waals surface area contributed by atoms with Crippen LogP contribution in [0.5, 0.6) is 5.88 Å². The molecule has 1 aromatic rings. The van der Waals surface area contributed by atoms with E-state index >= 15 is 0 Å². The van der Waals surface area contributed by atoms with Gasteiger partial charge in [-0.3, -0.25) is 0 Å². The first-order valence-electron chi connectivity index (χ1n) is 5.18. The molecule has 0 radical (unpaired) electrons. The lowest BCUT2D eigenvalue weighted by Crippen LogP contribution is -2.38. The minimum Gasteiger partial charge on any atom is -0.475 e. The van der Waals surface area contributed by atoms with Crippen molar-refractivity contribution in [2.24, 2.45) is 0 Å². The standard InChI is InChI=1S/C10H14ClN3O/c11-9-5-12-7-14-10(9)15-6-8-3-1-2-4-13-8/h5,7-8,13H,1-4,6H2. The Balaban J connectivity index is 1.84. The van der Waals surface area contributed by atoms with E-state index in [0.717, 1.165) is 13.0 Å². The summed E-state index contributed by atoms with van der Waals surface area (Å²) in [5, 5.41) is 3.86. The van der Waals surface area contributed by atoms with Crippen LogP contribution in [-0.2, 0) is 0 Å². The van der Waals surface area contributed by atoms with Gasteiger partial charge >= 0.3 is 0 Å². The van der Waals surface area contributed by atoms with E-state index in [1.807, 2.05) is 0 Å². The molecule has 1 saturated heterocycles. The molecule has 2 rings (SSSR count). The highest BCUT2D eigenvalue weighted by molar-refractivity contribution is 6.31. The van der Waals surface area contributed by atoms with Crippen LogP contribution in [0.4, 0.5) is 0 Å². The zero-order chi connectivity index (χ0) is 10.5. The quantitative estimate of drug-likeness (QED) is 0.853. The number of nitrogens with one attached hydrogen (secondary N) is 1. The van der Waals surface area contributed by atoms with Gasteiger partial charge in [0.05, 0.1) is 6.20 Å². The van der Waals surface area contributed by atoms with Gasteiger partial charge in [0, 0.05) is 6.04 Å². The number of hydrogen-bond donors (Lipinski definition) is 1. The third kappa shape index (κ3) is 3.04. The van der Waals surface area contributed by atoms with Crippen LogP contribution in [0, 0.1) is 0 Å². The molecule has 82 valence electrons.